The van der Waals surface area contributed by atoms with E-state index in [1.165, 1.54) is 0 Å². The van der Waals surface area contributed by atoms with Gasteiger partial charge in [0.05, 0.1) is 54.4 Å². The molecule has 2 aromatic carbocycles. The summed E-state index contributed by atoms with van der Waals surface area (Å²) in [6, 6.07) is 11.5. The summed E-state index contributed by atoms with van der Waals surface area (Å²) in [5.41, 5.74) is 3.68. The SMILES string of the molecule is C[N+](C)(C)c1ccc(O)c(C=N[C@H]2CCCC[C@@H]2N=Cc2cc([N+](C)(C)C)ccc2O)c1. The first-order valence-electron chi connectivity index (χ1n) is 11.3. The number of aromatic hydroxyl groups is 2. The van der Waals surface area contributed by atoms with Crippen LogP contribution in [0.2, 0.25) is 0 Å². The molecule has 6 nitrogen and oxygen atoms in total. The molecule has 0 heterocycles. The van der Waals surface area contributed by atoms with Crippen LogP contribution in [0.15, 0.2) is 46.4 Å². The summed E-state index contributed by atoms with van der Waals surface area (Å²) in [6.45, 7) is 0. The maximum absolute atomic E-state index is 10.3. The van der Waals surface area contributed by atoms with E-state index in [0.29, 0.717) is 8.97 Å². The van der Waals surface area contributed by atoms with Crippen LogP contribution in [-0.2, 0) is 0 Å². The molecule has 1 aliphatic carbocycles. The summed E-state index contributed by atoms with van der Waals surface area (Å²) in [4.78, 5) is 9.68. The highest BCUT2D eigenvalue weighted by atomic mass is 16.3. The summed E-state index contributed by atoms with van der Waals surface area (Å²) >= 11 is 0. The zero-order valence-corrected chi connectivity index (χ0v) is 20.3. The zero-order valence-electron chi connectivity index (χ0n) is 20.3. The number of benzene rings is 2. The molecule has 0 amide bonds. The second-order valence-corrected chi connectivity index (χ2v) is 10.5. The van der Waals surface area contributed by atoms with Crippen molar-refractivity contribution in [2.75, 3.05) is 42.3 Å². The predicted octanol–water partition coefficient (Wildman–Crippen LogP) is 4.34. The smallest absolute Gasteiger partial charge is 0.133 e. The molecule has 0 unspecified atom stereocenters. The Labute approximate surface area is 192 Å². The van der Waals surface area contributed by atoms with Crippen molar-refractivity contribution >= 4 is 23.8 Å². The first-order chi connectivity index (χ1) is 14.9. The van der Waals surface area contributed by atoms with Crippen molar-refractivity contribution in [3.8, 4) is 11.5 Å². The lowest BCUT2D eigenvalue weighted by Gasteiger charge is -2.26. The first-order valence-corrected chi connectivity index (χ1v) is 11.3. The second-order valence-electron chi connectivity index (χ2n) is 10.5. The van der Waals surface area contributed by atoms with E-state index >= 15 is 0 Å². The second kappa shape index (κ2) is 9.43. The van der Waals surface area contributed by atoms with Gasteiger partial charge in [0.1, 0.15) is 22.9 Å². The lowest BCUT2D eigenvalue weighted by molar-refractivity contribution is 0.390. The summed E-state index contributed by atoms with van der Waals surface area (Å²) < 4.78 is 1.35. The highest BCUT2D eigenvalue weighted by Gasteiger charge is 2.24. The molecule has 6 heteroatoms. The van der Waals surface area contributed by atoms with E-state index in [1.54, 1.807) is 24.6 Å². The van der Waals surface area contributed by atoms with Crippen molar-refractivity contribution in [1.29, 1.82) is 0 Å². The van der Waals surface area contributed by atoms with Crippen molar-refractivity contribution < 1.29 is 10.2 Å². The number of phenols is 2. The predicted molar refractivity (Wildman–Crippen MR) is 137 cm³/mol. The Balaban J connectivity index is 1.82. The standard InChI is InChI=1S/C26H36N4O2/c1-29(2,3)21-11-13-25(31)19(15-21)17-27-23-9-7-8-10-24(23)28-18-20-16-22(30(4,5)6)12-14-26(20)32/h11-18,23-24H,7-10H2,1-6H3/p+2/t23-,24-/m0/s1. The van der Waals surface area contributed by atoms with Crippen molar-refractivity contribution in [1.82, 2.24) is 8.97 Å². The Morgan fingerprint density at radius 1 is 0.688 bits per heavy atom. The fourth-order valence-electron chi connectivity index (χ4n) is 3.92. The molecule has 0 saturated heterocycles. The van der Waals surface area contributed by atoms with Gasteiger partial charge in [0.2, 0.25) is 0 Å². The summed E-state index contributed by atoms with van der Waals surface area (Å²) in [6.07, 6.45) is 7.78. The van der Waals surface area contributed by atoms with Gasteiger partial charge in [-0.2, -0.15) is 0 Å². The molecule has 1 saturated carbocycles. The topological polar surface area (TPSA) is 65.2 Å². The Morgan fingerprint density at radius 2 is 1.06 bits per heavy atom. The van der Waals surface area contributed by atoms with Gasteiger partial charge in [-0.3, -0.25) is 19.0 Å². The van der Waals surface area contributed by atoms with Crippen LogP contribution in [0, 0.1) is 0 Å². The van der Waals surface area contributed by atoms with Crippen molar-refractivity contribution in [3.63, 3.8) is 0 Å². The van der Waals surface area contributed by atoms with Gasteiger partial charge in [-0.15, -0.1) is 0 Å². The average molecular weight is 439 g/mol. The molecule has 2 N–H and O–H groups in total. The minimum absolute atomic E-state index is 0.0657. The molecule has 32 heavy (non-hydrogen) atoms. The van der Waals surface area contributed by atoms with E-state index in [0.717, 1.165) is 48.2 Å². The van der Waals surface area contributed by atoms with Crippen molar-refractivity contribution in [2.45, 2.75) is 37.8 Å². The van der Waals surface area contributed by atoms with Crippen LogP contribution in [0.1, 0.15) is 36.8 Å². The maximum atomic E-state index is 10.3. The molecule has 1 fully saturated rings. The Hall–Kier alpha value is -2.70. The third-order valence-corrected chi connectivity index (χ3v) is 6.08. The summed E-state index contributed by atoms with van der Waals surface area (Å²) in [5.74, 6) is 0.479. The van der Waals surface area contributed by atoms with Crippen molar-refractivity contribution in [2.24, 2.45) is 9.98 Å². The summed E-state index contributed by atoms with van der Waals surface area (Å²) in [7, 11) is 12.6. The van der Waals surface area contributed by atoms with Gasteiger partial charge in [-0.1, -0.05) is 12.8 Å². The van der Waals surface area contributed by atoms with Gasteiger partial charge in [0.25, 0.3) is 0 Å². The molecule has 0 bridgehead atoms. The number of nitrogens with zero attached hydrogens (tertiary/aromatic N) is 4. The quantitative estimate of drug-likeness (QED) is 0.520. The number of hydrogen-bond donors (Lipinski definition) is 2. The number of aliphatic imine (C=N–C) groups is 2. The van der Waals surface area contributed by atoms with E-state index in [2.05, 4.69) is 42.3 Å². The van der Waals surface area contributed by atoms with Crippen molar-refractivity contribution in [3.05, 3.63) is 47.5 Å². The third-order valence-electron chi connectivity index (χ3n) is 6.08. The van der Waals surface area contributed by atoms with E-state index in [9.17, 15) is 10.2 Å². The van der Waals surface area contributed by atoms with Crippen LogP contribution in [0.4, 0.5) is 11.4 Å². The van der Waals surface area contributed by atoms with Gasteiger partial charge in [-0.25, -0.2) is 0 Å². The minimum Gasteiger partial charge on any atom is -0.507 e. The van der Waals surface area contributed by atoms with Gasteiger partial charge in [0.15, 0.2) is 0 Å². The summed E-state index contributed by atoms with van der Waals surface area (Å²) in [5, 5.41) is 20.6. The molecular formula is C26H38N4O2+2. The van der Waals surface area contributed by atoms with Gasteiger partial charge >= 0.3 is 0 Å². The van der Waals surface area contributed by atoms with E-state index < -0.39 is 0 Å². The average Bonchev–Trinajstić information content (AvgIpc) is 2.71. The fourth-order valence-corrected chi connectivity index (χ4v) is 3.92. The number of hydrogen-bond acceptors (Lipinski definition) is 4. The highest BCUT2D eigenvalue weighted by Crippen LogP contribution is 2.28. The Bertz CT molecular complexity index is 918. The molecule has 2 aromatic rings. The van der Waals surface area contributed by atoms with Gasteiger partial charge < -0.3 is 10.2 Å². The van der Waals surface area contributed by atoms with Crippen LogP contribution in [0.5, 0.6) is 11.5 Å². The largest absolute Gasteiger partial charge is 0.507 e. The molecule has 0 radical (unpaired) electrons. The highest BCUT2D eigenvalue weighted by molar-refractivity contribution is 5.86. The molecule has 0 spiro atoms. The monoisotopic (exact) mass is 438 g/mol. The molecule has 0 aromatic heterocycles. The van der Waals surface area contributed by atoms with Crippen LogP contribution in [0.25, 0.3) is 0 Å². The minimum atomic E-state index is 0.0657. The number of quaternary nitrogens is 2. The van der Waals surface area contributed by atoms with Crippen LogP contribution < -0.4 is 8.97 Å². The molecular weight excluding hydrogens is 400 g/mol. The lowest BCUT2D eigenvalue weighted by atomic mass is 9.91. The molecule has 172 valence electrons. The molecule has 3 rings (SSSR count). The lowest BCUT2D eigenvalue weighted by Crippen LogP contribution is -2.34. The van der Waals surface area contributed by atoms with E-state index in [-0.39, 0.29) is 23.6 Å². The molecule has 2 atom stereocenters. The first kappa shape index (κ1) is 24.0. The van der Waals surface area contributed by atoms with Crippen LogP contribution in [0.3, 0.4) is 0 Å². The number of rotatable bonds is 6. The Kier molecular flexibility index (Phi) is 7.06. The maximum Gasteiger partial charge on any atom is 0.133 e. The van der Waals surface area contributed by atoms with E-state index in [4.69, 9.17) is 9.98 Å². The fraction of sp³-hybridized carbons (Fsp3) is 0.462. The van der Waals surface area contributed by atoms with Crippen LogP contribution in [-0.4, -0.2) is 77.0 Å². The van der Waals surface area contributed by atoms with Gasteiger partial charge in [0, 0.05) is 47.8 Å². The normalized spacial score (nSPS) is 20.3. The number of phenolic OH excluding ortho intramolecular Hbond substituents is 2. The van der Waals surface area contributed by atoms with E-state index in [1.807, 2.05) is 24.3 Å². The molecule has 0 aliphatic heterocycles. The van der Waals surface area contributed by atoms with Gasteiger partial charge in [-0.05, 0) is 25.0 Å². The Morgan fingerprint density at radius 3 is 1.41 bits per heavy atom. The molecule has 1 aliphatic rings. The third kappa shape index (κ3) is 5.96. The van der Waals surface area contributed by atoms with Crippen LogP contribution >= 0.6 is 0 Å². The zero-order chi connectivity index (χ0) is 23.5.